The number of likely N-dealkylation sites (N-methyl/N-ethyl adjacent to an activating group) is 1. The maximum absolute atomic E-state index is 12.6. The predicted molar refractivity (Wildman–Crippen MR) is 93.3 cm³/mol. The third kappa shape index (κ3) is 2.68. The standard InChI is InChI=1S/C18H22N2OS/c1-18(2,3)13-7-5-12(6-8-13)11-15-16(21)20(14-9-10-14)17(22)19(15)4/h5-8,11,14H,9-10H2,1-4H3. The molecule has 0 aromatic heterocycles. The van der Waals surface area contributed by atoms with Gasteiger partial charge in [-0.3, -0.25) is 9.69 Å². The summed E-state index contributed by atoms with van der Waals surface area (Å²) in [5.41, 5.74) is 3.12. The first-order chi connectivity index (χ1) is 10.3. The van der Waals surface area contributed by atoms with E-state index in [0.29, 0.717) is 16.9 Å². The van der Waals surface area contributed by atoms with E-state index < -0.39 is 0 Å². The van der Waals surface area contributed by atoms with Crippen molar-refractivity contribution in [2.45, 2.75) is 45.1 Å². The minimum atomic E-state index is 0.0369. The number of nitrogens with zero attached hydrogens (tertiary/aromatic N) is 2. The van der Waals surface area contributed by atoms with E-state index in [-0.39, 0.29) is 11.3 Å². The first kappa shape index (κ1) is 15.2. The zero-order valence-corrected chi connectivity index (χ0v) is 14.4. The predicted octanol–water partition coefficient (Wildman–Crippen LogP) is 3.55. The van der Waals surface area contributed by atoms with E-state index >= 15 is 0 Å². The lowest BCUT2D eigenvalue weighted by molar-refractivity contribution is -0.122. The lowest BCUT2D eigenvalue weighted by Crippen LogP contribution is -2.33. The Balaban J connectivity index is 1.88. The highest BCUT2D eigenvalue weighted by atomic mass is 32.1. The van der Waals surface area contributed by atoms with Crippen molar-refractivity contribution in [1.29, 1.82) is 0 Å². The van der Waals surface area contributed by atoms with Gasteiger partial charge in [-0.05, 0) is 47.7 Å². The van der Waals surface area contributed by atoms with Gasteiger partial charge >= 0.3 is 0 Å². The van der Waals surface area contributed by atoms with Gasteiger partial charge in [-0.15, -0.1) is 0 Å². The van der Waals surface area contributed by atoms with Gasteiger partial charge in [-0.1, -0.05) is 45.0 Å². The molecule has 1 heterocycles. The highest BCUT2D eigenvalue weighted by Gasteiger charge is 2.44. The summed E-state index contributed by atoms with van der Waals surface area (Å²) in [4.78, 5) is 16.2. The topological polar surface area (TPSA) is 23.6 Å². The van der Waals surface area contributed by atoms with Crippen LogP contribution in [0.25, 0.3) is 6.08 Å². The summed E-state index contributed by atoms with van der Waals surface area (Å²) in [6.45, 7) is 6.59. The van der Waals surface area contributed by atoms with Crippen LogP contribution in [0.3, 0.4) is 0 Å². The van der Waals surface area contributed by atoms with Crippen LogP contribution in [0.2, 0.25) is 0 Å². The highest BCUT2D eigenvalue weighted by molar-refractivity contribution is 7.80. The summed E-state index contributed by atoms with van der Waals surface area (Å²) in [5, 5.41) is 0.630. The average Bonchev–Trinajstić information content (AvgIpc) is 3.25. The van der Waals surface area contributed by atoms with E-state index in [9.17, 15) is 4.79 Å². The number of hydrogen-bond donors (Lipinski definition) is 0. The van der Waals surface area contributed by atoms with E-state index in [0.717, 1.165) is 18.4 Å². The normalized spacial score (nSPS) is 21.2. The molecule has 116 valence electrons. The van der Waals surface area contributed by atoms with Gasteiger partial charge in [0.25, 0.3) is 5.91 Å². The lowest BCUT2D eigenvalue weighted by atomic mass is 9.87. The summed E-state index contributed by atoms with van der Waals surface area (Å²) >= 11 is 5.41. The molecule has 3 nitrogen and oxygen atoms in total. The molecule has 0 unspecified atom stereocenters. The summed E-state index contributed by atoms with van der Waals surface area (Å²) < 4.78 is 0. The van der Waals surface area contributed by atoms with Gasteiger partial charge in [-0.2, -0.15) is 0 Å². The van der Waals surface area contributed by atoms with Crippen LogP contribution in [0.1, 0.15) is 44.7 Å². The molecule has 0 spiro atoms. The molecule has 1 aromatic carbocycles. The molecule has 1 aliphatic heterocycles. The molecule has 2 aliphatic rings. The van der Waals surface area contributed by atoms with Crippen molar-refractivity contribution in [2.24, 2.45) is 0 Å². The fourth-order valence-electron chi connectivity index (χ4n) is 2.67. The Hall–Kier alpha value is -1.68. The number of carbonyl (C=O) groups is 1. The Bertz CT molecular complexity index is 651. The van der Waals surface area contributed by atoms with Crippen LogP contribution in [0.15, 0.2) is 30.0 Å². The maximum Gasteiger partial charge on any atom is 0.277 e. The van der Waals surface area contributed by atoms with Crippen molar-refractivity contribution in [3.63, 3.8) is 0 Å². The molecule has 1 aliphatic carbocycles. The van der Waals surface area contributed by atoms with Crippen LogP contribution >= 0.6 is 12.2 Å². The Morgan fingerprint density at radius 2 is 1.77 bits per heavy atom. The minimum Gasteiger partial charge on any atom is -0.317 e. The average molecular weight is 314 g/mol. The van der Waals surface area contributed by atoms with Gasteiger partial charge in [0.15, 0.2) is 5.11 Å². The minimum absolute atomic E-state index is 0.0369. The third-order valence-electron chi connectivity index (χ3n) is 4.28. The second-order valence-electron chi connectivity index (χ2n) is 7.15. The van der Waals surface area contributed by atoms with Crippen molar-refractivity contribution in [3.8, 4) is 0 Å². The number of benzene rings is 1. The van der Waals surface area contributed by atoms with Crippen LogP contribution in [0, 0.1) is 0 Å². The smallest absolute Gasteiger partial charge is 0.277 e. The number of hydrogen-bond acceptors (Lipinski definition) is 2. The summed E-state index contributed by atoms with van der Waals surface area (Å²) in [6, 6.07) is 8.71. The van der Waals surface area contributed by atoms with Crippen LogP contribution in [-0.4, -0.2) is 33.9 Å². The van der Waals surface area contributed by atoms with Crippen LogP contribution < -0.4 is 0 Å². The largest absolute Gasteiger partial charge is 0.317 e. The molecular weight excluding hydrogens is 292 g/mol. The molecule has 0 bridgehead atoms. The first-order valence-corrected chi connectivity index (χ1v) is 8.13. The zero-order valence-electron chi connectivity index (χ0n) is 13.6. The van der Waals surface area contributed by atoms with Gasteiger partial charge in [0.1, 0.15) is 5.70 Å². The number of rotatable bonds is 2. The number of carbonyl (C=O) groups excluding carboxylic acids is 1. The van der Waals surface area contributed by atoms with Crippen molar-refractivity contribution in [2.75, 3.05) is 7.05 Å². The zero-order chi connectivity index (χ0) is 16.1. The van der Waals surface area contributed by atoms with E-state index in [1.807, 2.05) is 18.0 Å². The van der Waals surface area contributed by atoms with Crippen molar-refractivity contribution in [3.05, 3.63) is 41.1 Å². The Morgan fingerprint density at radius 1 is 1.18 bits per heavy atom. The van der Waals surface area contributed by atoms with Gasteiger partial charge in [-0.25, -0.2) is 0 Å². The van der Waals surface area contributed by atoms with E-state index in [4.69, 9.17) is 12.2 Å². The van der Waals surface area contributed by atoms with E-state index in [2.05, 4.69) is 45.0 Å². The Kier molecular flexibility index (Phi) is 3.60. The molecule has 0 radical (unpaired) electrons. The van der Waals surface area contributed by atoms with Gasteiger partial charge in [0, 0.05) is 13.1 Å². The van der Waals surface area contributed by atoms with Gasteiger partial charge in [0.2, 0.25) is 0 Å². The van der Waals surface area contributed by atoms with Crippen LogP contribution in [0.5, 0.6) is 0 Å². The monoisotopic (exact) mass is 314 g/mol. The summed E-state index contributed by atoms with van der Waals surface area (Å²) in [5.74, 6) is 0.0369. The molecule has 0 atom stereocenters. The third-order valence-corrected chi connectivity index (χ3v) is 4.75. The van der Waals surface area contributed by atoms with Crippen molar-refractivity contribution < 1.29 is 4.79 Å². The first-order valence-electron chi connectivity index (χ1n) is 7.72. The van der Waals surface area contributed by atoms with Crippen LogP contribution in [0.4, 0.5) is 0 Å². The van der Waals surface area contributed by atoms with Gasteiger partial charge < -0.3 is 4.90 Å². The van der Waals surface area contributed by atoms with Crippen LogP contribution in [-0.2, 0) is 10.2 Å². The number of amides is 1. The lowest BCUT2D eigenvalue weighted by Gasteiger charge is -2.19. The highest BCUT2D eigenvalue weighted by Crippen LogP contribution is 2.34. The second kappa shape index (κ2) is 5.20. The molecule has 1 aromatic rings. The van der Waals surface area contributed by atoms with Crippen molar-refractivity contribution >= 4 is 29.3 Å². The van der Waals surface area contributed by atoms with E-state index in [1.54, 1.807) is 4.90 Å². The molecule has 0 N–H and O–H groups in total. The molecule has 1 amide bonds. The Labute approximate surface area is 137 Å². The molecule has 1 saturated heterocycles. The molecular formula is C18H22N2OS. The second-order valence-corrected chi connectivity index (χ2v) is 7.51. The SMILES string of the molecule is CN1C(=S)N(C2CC2)C(=O)C1=Cc1ccc(C(C)(C)C)cc1. The maximum atomic E-state index is 12.6. The molecule has 2 fully saturated rings. The summed E-state index contributed by atoms with van der Waals surface area (Å²) in [7, 11) is 1.87. The fraction of sp³-hybridized carbons (Fsp3) is 0.444. The molecule has 1 saturated carbocycles. The van der Waals surface area contributed by atoms with E-state index in [1.165, 1.54) is 5.56 Å². The molecule has 4 heteroatoms. The summed E-state index contributed by atoms with van der Waals surface area (Å²) in [6.07, 6.45) is 4.06. The molecule has 22 heavy (non-hydrogen) atoms. The number of thiocarbonyl (C=S) groups is 1. The van der Waals surface area contributed by atoms with Gasteiger partial charge in [0.05, 0.1) is 0 Å². The quantitative estimate of drug-likeness (QED) is 0.616. The fourth-order valence-corrected chi connectivity index (χ4v) is 3.00. The molecule has 3 rings (SSSR count). The Morgan fingerprint density at radius 3 is 2.27 bits per heavy atom. The van der Waals surface area contributed by atoms with Crippen molar-refractivity contribution in [1.82, 2.24) is 9.80 Å².